The van der Waals surface area contributed by atoms with E-state index in [1.807, 2.05) is 0 Å². The molecule has 5 heteroatoms. The maximum Gasteiger partial charge on any atom is 0.155 e. The number of aromatic nitrogens is 1. The Bertz CT molecular complexity index is 467. The molecule has 1 aromatic carbocycles. The third kappa shape index (κ3) is 1.26. The summed E-state index contributed by atoms with van der Waals surface area (Å²) in [5, 5.41) is 0.487. The fraction of sp³-hybridized carbons (Fsp3) is 0.111. The van der Waals surface area contributed by atoms with E-state index in [0.717, 1.165) is 0 Å². The molecule has 0 fully saturated rings. The number of aromatic amines is 1. The van der Waals surface area contributed by atoms with Crippen molar-refractivity contribution in [3.05, 3.63) is 35.5 Å². The van der Waals surface area contributed by atoms with Gasteiger partial charge in [-0.1, -0.05) is 0 Å². The van der Waals surface area contributed by atoms with Crippen LogP contribution >= 0.6 is 0 Å². The molecular formula is C9H8F2N2O. The minimum absolute atomic E-state index is 0.164. The summed E-state index contributed by atoms with van der Waals surface area (Å²) in [5.41, 5.74) is 0.0981. The fourth-order valence-electron chi connectivity index (χ4n) is 1.39. The molecule has 3 nitrogen and oxygen atoms in total. The zero-order valence-electron chi connectivity index (χ0n) is 7.18. The highest BCUT2D eigenvalue weighted by atomic mass is 19.1. The molecule has 0 radical (unpaired) electrons. The van der Waals surface area contributed by atoms with Gasteiger partial charge in [-0.15, -0.1) is 0 Å². The predicted octanol–water partition coefficient (Wildman–Crippen LogP) is 1.84. The van der Waals surface area contributed by atoms with Gasteiger partial charge in [-0.3, -0.25) is 4.84 Å². The number of H-pyrrole nitrogens is 1. The van der Waals surface area contributed by atoms with Gasteiger partial charge in [0, 0.05) is 11.6 Å². The number of benzene rings is 1. The SMILES string of the molecule is NOCc1c(F)cc2cc[nH]c2c1F. The number of halogens is 2. The quantitative estimate of drug-likeness (QED) is 0.723. The molecule has 0 unspecified atom stereocenters. The van der Waals surface area contributed by atoms with Gasteiger partial charge in [0.15, 0.2) is 5.82 Å². The van der Waals surface area contributed by atoms with Crippen LogP contribution in [0.3, 0.4) is 0 Å². The number of hydrogen-bond donors (Lipinski definition) is 2. The molecule has 14 heavy (non-hydrogen) atoms. The van der Waals surface area contributed by atoms with Crippen molar-refractivity contribution in [3.63, 3.8) is 0 Å². The van der Waals surface area contributed by atoms with E-state index in [9.17, 15) is 8.78 Å². The summed E-state index contributed by atoms with van der Waals surface area (Å²) in [5.74, 6) is 3.46. The molecule has 2 rings (SSSR count). The summed E-state index contributed by atoms with van der Waals surface area (Å²) in [7, 11) is 0. The Morgan fingerprint density at radius 3 is 2.93 bits per heavy atom. The van der Waals surface area contributed by atoms with E-state index in [-0.39, 0.29) is 17.7 Å². The third-order valence-corrected chi connectivity index (χ3v) is 2.06. The maximum absolute atomic E-state index is 13.5. The average molecular weight is 198 g/mol. The maximum atomic E-state index is 13.5. The number of nitrogens with two attached hydrogens (primary N) is 1. The van der Waals surface area contributed by atoms with Crippen LogP contribution in [-0.4, -0.2) is 4.98 Å². The second-order valence-electron chi connectivity index (χ2n) is 2.90. The first kappa shape index (κ1) is 9.11. The van der Waals surface area contributed by atoms with Crippen molar-refractivity contribution in [2.75, 3.05) is 0 Å². The fourth-order valence-corrected chi connectivity index (χ4v) is 1.39. The van der Waals surface area contributed by atoms with Gasteiger partial charge in [-0.05, 0) is 12.1 Å². The van der Waals surface area contributed by atoms with Crippen LogP contribution in [0.5, 0.6) is 0 Å². The first-order valence-corrected chi connectivity index (χ1v) is 3.99. The summed E-state index contributed by atoms with van der Waals surface area (Å²) in [4.78, 5) is 6.90. The van der Waals surface area contributed by atoms with E-state index < -0.39 is 11.6 Å². The second kappa shape index (κ2) is 3.36. The minimum Gasteiger partial charge on any atom is -0.359 e. The molecule has 1 heterocycles. The zero-order valence-corrected chi connectivity index (χ0v) is 7.18. The Kier molecular flexibility index (Phi) is 2.18. The standard InChI is InChI=1S/C9H8F2N2O/c10-7-3-5-1-2-13-9(5)8(11)6(7)4-14-12/h1-3,13H,4,12H2. The zero-order chi connectivity index (χ0) is 10.1. The van der Waals surface area contributed by atoms with Crippen LogP contribution in [0.4, 0.5) is 8.78 Å². The first-order chi connectivity index (χ1) is 6.74. The monoisotopic (exact) mass is 198 g/mol. The molecule has 2 aromatic rings. The van der Waals surface area contributed by atoms with Gasteiger partial charge in [-0.2, -0.15) is 0 Å². The van der Waals surface area contributed by atoms with Crippen molar-refractivity contribution in [3.8, 4) is 0 Å². The van der Waals surface area contributed by atoms with Crippen LogP contribution in [0.15, 0.2) is 18.3 Å². The normalized spacial score (nSPS) is 11.1. The minimum atomic E-state index is -0.657. The summed E-state index contributed by atoms with van der Waals surface area (Å²) in [6, 6.07) is 2.83. The van der Waals surface area contributed by atoms with Crippen LogP contribution in [0, 0.1) is 11.6 Å². The molecular weight excluding hydrogens is 190 g/mol. The molecule has 0 atom stereocenters. The molecule has 74 valence electrons. The second-order valence-corrected chi connectivity index (χ2v) is 2.90. The van der Waals surface area contributed by atoms with Gasteiger partial charge in [-0.25, -0.2) is 14.7 Å². The molecule has 0 spiro atoms. The lowest BCUT2D eigenvalue weighted by Crippen LogP contribution is -2.04. The largest absolute Gasteiger partial charge is 0.359 e. The molecule has 0 aliphatic heterocycles. The van der Waals surface area contributed by atoms with E-state index in [4.69, 9.17) is 5.90 Å². The van der Waals surface area contributed by atoms with Crippen molar-refractivity contribution in [2.45, 2.75) is 6.61 Å². The summed E-state index contributed by atoms with van der Waals surface area (Å²) in [6.45, 7) is -0.285. The highest BCUT2D eigenvalue weighted by Gasteiger charge is 2.13. The molecule has 0 saturated heterocycles. The Morgan fingerprint density at radius 2 is 2.21 bits per heavy atom. The Morgan fingerprint density at radius 1 is 1.43 bits per heavy atom. The van der Waals surface area contributed by atoms with Crippen LogP contribution in [0.2, 0.25) is 0 Å². The first-order valence-electron chi connectivity index (χ1n) is 3.99. The summed E-state index contributed by atoms with van der Waals surface area (Å²) < 4.78 is 26.8. The van der Waals surface area contributed by atoms with Gasteiger partial charge in [0.2, 0.25) is 0 Å². The lowest BCUT2D eigenvalue weighted by molar-refractivity contribution is 0.119. The van der Waals surface area contributed by atoms with E-state index in [2.05, 4.69) is 9.82 Å². The molecule has 0 aliphatic carbocycles. The summed E-state index contributed by atoms with van der Waals surface area (Å²) in [6.07, 6.45) is 1.54. The molecule has 1 aromatic heterocycles. The number of fused-ring (bicyclic) bond motifs is 1. The predicted molar refractivity (Wildman–Crippen MR) is 47.2 cm³/mol. The van der Waals surface area contributed by atoms with Crippen molar-refractivity contribution >= 4 is 10.9 Å². The number of rotatable bonds is 2. The smallest absolute Gasteiger partial charge is 0.155 e. The molecule has 0 saturated carbocycles. The van der Waals surface area contributed by atoms with E-state index in [1.165, 1.54) is 6.07 Å². The van der Waals surface area contributed by atoms with Gasteiger partial charge >= 0.3 is 0 Å². The van der Waals surface area contributed by atoms with E-state index in [1.54, 1.807) is 12.3 Å². The Labute approximate surface area is 78.4 Å². The van der Waals surface area contributed by atoms with Gasteiger partial charge < -0.3 is 4.98 Å². The van der Waals surface area contributed by atoms with E-state index in [0.29, 0.717) is 5.39 Å². The van der Waals surface area contributed by atoms with Gasteiger partial charge in [0.25, 0.3) is 0 Å². The van der Waals surface area contributed by atoms with Crippen LogP contribution in [-0.2, 0) is 11.4 Å². The van der Waals surface area contributed by atoms with Crippen molar-refractivity contribution in [1.82, 2.24) is 4.98 Å². The molecule has 0 bridgehead atoms. The Balaban J connectivity index is 2.69. The lowest BCUT2D eigenvalue weighted by atomic mass is 10.1. The van der Waals surface area contributed by atoms with Crippen LogP contribution in [0.1, 0.15) is 5.56 Å². The van der Waals surface area contributed by atoms with Gasteiger partial charge in [0.1, 0.15) is 5.82 Å². The van der Waals surface area contributed by atoms with Crippen LogP contribution in [0.25, 0.3) is 10.9 Å². The molecule has 0 aliphatic rings. The highest BCUT2D eigenvalue weighted by molar-refractivity contribution is 5.80. The topological polar surface area (TPSA) is 51.0 Å². The third-order valence-electron chi connectivity index (χ3n) is 2.06. The van der Waals surface area contributed by atoms with Crippen LogP contribution < -0.4 is 5.90 Å². The van der Waals surface area contributed by atoms with Crippen molar-refractivity contribution in [1.29, 1.82) is 0 Å². The van der Waals surface area contributed by atoms with E-state index >= 15 is 0 Å². The number of hydrogen-bond acceptors (Lipinski definition) is 2. The highest BCUT2D eigenvalue weighted by Crippen LogP contribution is 2.23. The average Bonchev–Trinajstić information content (AvgIpc) is 2.60. The Hall–Kier alpha value is -1.46. The lowest BCUT2D eigenvalue weighted by Gasteiger charge is -2.04. The molecule has 3 N–H and O–H groups in total. The van der Waals surface area contributed by atoms with Crippen molar-refractivity contribution in [2.24, 2.45) is 5.90 Å². The summed E-state index contributed by atoms with van der Waals surface area (Å²) >= 11 is 0. The number of nitrogens with one attached hydrogen (secondary N) is 1. The molecule has 0 amide bonds. The van der Waals surface area contributed by atoms with Crippen molar-refractivity contribution < 1.29 is 13.6 Å². The van der Waals surface area contributed by atoms with Gasteiger partial charge in [0.05, 0.1) is 17.7 Å².